The normalized spacial score (nSPS) is 15.8. The molecule has 1 fully saturated rings. The van der Waals surface area contributed by atoms with Crippen LogP contribution >= 0.6 is 35.0 Å². The van der Waals surface area contributed by atoms with E-state index in [0.717, 1.165) is 47.3 Å². The van der Waals surface area contributed by atoms with Gasteiger partial charge in [0, 0.05) is 23.2 Å². The van der Waals surface area contributed by atoms with Crippen LogP contribution in [0.25, 0.3) is 0 Å². The number of rotatable bonds is 1. The average Bonchev–Trinajstić information content (AvgIpc) is 2.60. The quantitative estimate of drug-likeness (QED) is 0.759. The standard InChI is InChI=1S/C13H17IN2O.ClH/c1-10-3-4-12(14)11(9-10)13(17)16-7-2-5-15-6-8-16;/h3-4,9,15H,2,5-8H2,1H3;1H. The molecule has 1 aromatic rings. The topological polar surface area (TPSA) is 32.3 Å². The fraction of sp³-hybridized carbons (Fsp3) is 0.462. The maximum atomic E-state index is 12.4. The Morgan fingerprint density at radius 2 is 2.11 bits per heavy atom. The molecular formula is C13H18ClIN2O. The molecule has 0 unspecified atom stereocenters. The van der Waals surface area contributed by atoms with Crippen molar-refractivity contribution in [3.8, 4) is 0 Å². The van der Waals surface area contributed by atoms with E-state index in [1.165, 1.54) is 0 Å². The van der Waals surface area contributed by atoms with Gasteiger partial charge in [-0.2, -0.15) is 0 Å². The molecule has 1 aromatic carbocycles. The van der Waals surface area contributed by atoms with Crippen molar-refractivity contribution in [2.75, 3.05) is 26.2 Å². The van der Waals surface area contributed by atoms with E-state index >= 15 is 0 Å². The minimum absolute atomic E-state index is 0. The highest BCUT2D eigenvalue weighted by Crippen LogP contribution is 2.16. The Morgan fingerprint density at radius 3 is 2.89 bits per heavy atom. The third-order valence-electron chi connectivity index (χ3n) is 2.98. The molecule has 1 saturated heterocycles. The summed E-state index contributed by atoms with van der Waals surface area (Å²) in [6.07, 6.45) is 1.04. The minimum Gasteiger partial charge on any atom is -0.337 e. The number of hydrogen-bond donors (Lipinski definition) is 1. The summed E-state index contributed by atoms with van der Waals surface area (Å²) in [5, 5.41) is 3.31. The van der Waals surface area contributed by atoms with Crippen molar-refractivity contribution in [1.29, 1.82) is 0 Å². The summed E-state index contributed by atoms with van der Waals surface area (Å²) in [4.78, 5) is 14.4. The summed E-state index contributed by atoms with van der Waals surface area (Å²) in [7, 11) is 0. The molecule has 0 radical (unpaired) electrons. The number of hydrogen-bond acceptors (Lipinski definition) is 2. The van der Waals surface area contributed by atoms with E-state index in [1.54, 1.807) is 0 Å². The molecule has 1 aliphatic heterocycles. The van der Waals surface area contributed by atoms with E-state index in [-0.39, 0.29) is 18.3 Å². The molecular weight excluding hydrogens is 363 g/mol. The molecule has 1 aliphatic rings. The van der Waals surface area contributed by atoms with E-state index in [2.05, 4.69) is 27.9 Å². The molecule has 100 valence electrons. The number of nitrogens with one attached hydrogen (secondary N) is 1. The fourth-order valence-electron chi connectivity index (χ4n) is 2.02. The van der Waals surface area contributed by atoms with Crippen molar-refractivity contribution in [2.45, 2.75) is 13.3 Å². The molecule has 2 rings (SSSR count). The summed E-state index contributed by atoms with van der Waals surface area (Å²) >= 11 is 2.23. The van der Waals surface area contributed by atoms with Gasteiger partial charge in [0.05, 0.1) is 5.56 Å². The Labute approximate surface area is 128 Å². The summed E-state index contributed by atoms with van der Waals surface area (Å²) in [5.74, 6) is 0.168. The molecule has 3 nitrogen and oxygen atoms in total. The van der Waals surface area contributed by atoms with Crippen LogP contribution in [0.5, 0.6) is 0 Å². The van der Waals surface area contributed by atoms with Gasteiger partial charge in [-0.25, -0.2) is 0 Å². The molecule has 0 aromatic heterocycles. The summed E-state index contributed by atoms with van der Waals surface area (Å²) < 4.78 is 1.04. The zero-order chi connectivity index (χ0) is 12.3. The monoisotopic (exact) mass is 380 g/mol. The van der Waals surface area contributed by atoms with Gasteiger partial charge in [-0.1, -0.05) is 11.6 Å². The van der Waals surface area contributed by atoms with E-state index in [0.29, 0.717) is 0 Å². The number of benzene rings is 1. The van der Waals surface area contributed by atoms with E-state index in [1.807, 2.05) is 30.0 Å². The van der Waals surface area contributed by atoms with Gasteiger partial charge in [0.2, 0.25) is 0 Å². The minimum atomic E-state index is 0. The first-order valence-electron chi connectivity index (χ1n) is 5.94. The van der Waals surface area contributed by atoms with Gasteiger partial charge in [-0.3, -0.25) is 4.79 Å². The Bertz CT molecular complexity index is 417. The van der Waals surface area contributed by atoms with E-state index in [4.69, 9.17) is 0 Å². The number of nitrogens with zero attached hydrogens (tertiary/aromatic N) is 1. The number of halogens is 2. The first-order valence-corrected chi connectivity index (χ1v) is 7.02. The van der Waals surface area contributed by atoms with Gasteiger partial charge < -0.3 is 10.2 Å². The van der Waals surface area contributed by atoms with Gasteiger partial charge in [-0.15, -0.1) is 12.4 Å². The second-order valence-electron chi connectivity index (χ2n) is 4.38. The average molecular weight is 381 g/mol. The van der Waals surface area contributed by atoms with Gasteiger partial charge >= 0.3 is 0 Å². The van der Waals surface area contributed by atoms with Crippen molar-refractivity contribution in [3.63, 3.8) is 0 Å². The van der Waals surface area contributed by atoms with Crippen molar-refractivity contribution in [2.24, 2.45) is 0 Å². The van der Waals surface area contributed by atoms with Crippen molar-refractivity contribution in [3.05, 3.63) is 32.9 Å². The zero-order valence-electron chi connectivity index (χ0n) is 10.4. The maximum Gasteiger partial charge on any atom is 0.254 e. The zero-order valence-corrected chi connectivity index (χ0v) is 13.4. The largest absolute Gasteiger partial charge is 0.337 e. The lowest BCUT2D eigenvalue weighted by atomic mass is 10.1. The highest BCUT2D eigenvalue weighted by atomic mass is 127. The molecule has 0 bridgehead atoms. The lowest BCUT2D eigenvalue weighted by Crippen LogP contribution is -2.34. The number of carbonyl (C=O) groups is 1. The van der Waals surface area contributed by atoms with Crippen molar-refractivity contribution < 1.29 is 4.79 Å². The maximum absolute atomic E-state index is 12.4. The van der Waals surface area contributed by atoms with Crippen LogP contribution in [0.4, 0.5) is 0 Å². The predicted octanol–water partition coefficient (Wildman–Crippen LogP) is 2.46. The molecule has 0 spiro atoms. The van der Waals surface area contributed by atoms with Crippen LogP contribution < -0.4 is 5.32 Å². The first-order chi connectivity index (χ1) is 8.18. The lowest BCUT2D eigenvalue weighted by molar-refractivity contribution is 0.0765. The summed E-state index contributed by atoms with van der Waals surface area (Å²) in [6.45, 7) is 5.60. The van der Waals surface area contributed by atoms with Crippen LogP contribution in [-0.4, -0.2) is 37.0 Å². The highest BCUT2D eigenvalue weighted by Gasteiger charge is 2.19. The number of carbonyl (C=O) groups excluding carboxylic acids is 1. The van der Waals surface area contributed by atoms with Crippen LogP contribution in [0, 0.1) is 10.5 Å². The lowest BCUT2D eigenvalue weighted by Gasteiger charge is -2.20. The summed E-state index contributed by atoms with van der Waals surface area (Å²) in [6, 6.07) is 6.05. The molecule has 1 N–H and O–H groups in total. The molecule has 0 aliphatic carbocycles. The van der Waals surface area contributed by atoms with Crippen LogP contribution in [-0.2, 0) is 0 Å². The van der Waals surface area contributed by atoms with Crippen molar-refractivity contribution in [1.82, 2.24) is 10.2 Å². The molecule has 1 heterocycles. The molecule has 1 amide bonds. The van der Waals surface area contributed by atoms with E-state index in [9.17, 15) is 4.79 Å². The van der Waals surface area contributed by atoms with E-state index < -0.39 is 0 Å². The van der Waals surface area contributed by atoms with Crippen LogP contribution in [0.1, 0.15) is 22.3 Å². The smallest absolute Gasteiger partial charge is 0.254 e. The second-order valence-corrected chi connectivity index (χ2v) is 5.54. The highest BCUT2D eigenvalue weighted by molar-refractivity contribution is 14.1. The molecule has 0 saturated carbocycles. The molecule has 0 atom stereocenters. The number of aryl methyl sites for hydroxylation is 1. The predicted molar refractivity (Wildman–Crippen MR) is 84.5 cm³/mol. The Hall–Kier alpha value is -0.330. The number of amides is 1. The third-order valence-corrected chi connectivity index (χ3v) is 3.92. The van der Waals surface area contributed by atoms with Gasteiger partial charge in [0.25, 0.3) is 5.91 Å². The first kappa shape index (κ1) is 15.7. The van der Waals surface area contributed by atoms with Crippen LogP contribution in [0.15, 0.2) is 18.2 Å². The third kappa shape index (κ3) is 3.83. The Kier molecular flexibility index (Phi) is 6.38. The van der Waals surface area contributed by atoms with Gasteiger partial charge in [0.15, 0.2) is 0 Å². The van der Waals surface area contributed by atoms with Crippen LogP contribution in [0.3, 0.4) is 0 Å². The SMILES string of the molecule is Cc1ccc(I)c(C(=O)N2CCCNCC2)c1.Cl. The van der Waals surface area contributed by atoms with Crippen LogP contribution in [0.2, 0.25) is 0 Å². The molecule has 18 heavy (non-hydrogen) atoms. The second kappa shape index (κ2) is 7.31. The fourth-order valence-corrected chi connectivity index (χ4v) is 2.59. The van der Waals surface area contributed by atoms with Gasteiger partial charge in [-0.05, 0) is 54.6 Å². The van der Waals surface area contributed by atoms with Crippen molar-refractivity contribution >= 4 is 40.9 Å². The Morgan fingerprint density at radius 1 is 1.33 bits per heavy atom. The summed E-state index contributed by atoms with van der Waals surface area (Å²) in [5.41, 5.74) is 1.98. The Balaban J connectivity index is 0.00000162. The molecule has 5 heteroatoms. The van der Waals surface area contributed by atoms with Gasteiger partial charge in [0.1, 0.15) is 0 Å².